The van der Waals surface area contributed by atoms with E-state index >= 15 is 0 Å². The van der Waals surface area contributed by atoms with Crippen molar-refractivity contribution in [3.8, 4) is 11.3 Å². The molecule has 4 aromatic rings. The Morgan fingerprint density at radius 3 is 2.54 bits per heavy atom. The van der Waals surface area contributed by atoms with Gasteiger partial charge in [0.05, 0.1) is 22.8 Å². The Bertz CT molecular complexity index is 1580. The normalized spacial score (nSPS) is 11.4. The van der Waals surface area contributed by atoms with Gasteiger partial charge >= 0.3 is 0 Å². The van der Waals surface area contributed by atoms with Crippen molar-refractivity contribution in [2.24, 2.45) is 0 Å². The first-order valence-electron chi connectivity index (χ1n) is 12.9. The number of carbonyl (C=O) groups excluding carboxylic acids is 2. The lowest BCUT2D eigenvalue weighted by atomic mass is 10.0. The first-order valence-corrected chi connectivity index (χ1v) is 12.9. The molecule has 0 saturated carbocycles. The zero-order chi connectivity index (χ0) is 28.3. The second-order valence-electron chi connectivity index (χ2n) is 10.2. The predicted molar refractivity (Wildman–Crippen MR) is 152 cm³/mol. The first-order chi connectivity index (χ1) is 18.5. The van der Waals surface area contributed by atoms with Crippen LogP contribution in [0.4, 0.5) is 0 Å². The molecule has 0 fully saturated rings. The molecule has 3 aromatic heterocycles. The largest absolute Gasteiger partial charge is 0.351 e. The van der Waals surface area contributed by atoms with Gasteiger partial charge in [-0.2, -0.15) is 5.10 Å². The monoisotopic (exact) mass is 529 g/mol. The number of carbonyl (C=O) groups is 2. The van der Waals surface area contributed by atoms with E-state index in [9.17, 15) is 14.4 Å². The van der Waals surface area contributed by atoms with Crippen LogP contribution in [-0.4, -0.2) is 63.6 Å². The number of hydrogen-bond donors (Lipinski definition) is 3. The van der Waals surface area contributed by atoms with Gasteiger partial charge in [0.15, 0.2) is 5.65 Å². The number of rotatable bonds is 9. The molecule has 0 atom stereocenters. The molecule has 3 N–H and O–H groups in total. The number of aryl methyl sites for hydroxylation is 2. The van der Waals surface area contributed by atoms with Crippen LogP contribution in [0.5, 0.6) is 0 Å². The number of hydrogen-bond acceptors (Lipinski definition) is 6. The number of amides is 2. The highest BCUT2D eigenvalue weighted by Gasteiger charge is 2.20. The number of likely N-dealkylation sites (N-methyl/N-ethyl adjacent to an activating group) is 1. The van der Waals surface area contributed by atoms with Gasteiger partial charge < -0.3 is 20.5 Å². The fourth-order valence-corrected chi connectivity index (χ4v) is 4.41. The zero-order valence-electron chi connectivity index (χ0n) is 23.3. The number of benzene rings is 1. The van der Waals surface area contributed by atoms with Crippen LogP contribution in [0.2, 0.25) is 0 Å². The van der Waals surface area contributed by atoms with Crippen molar-refractivity contribution in [3.63, 3.8) is 0 Å². The Hall–Kier alpha value is -4.31. The van der Waals surface area contributed by atoms with Gasteiger partial charge in [0, 0.05) is 48.1 Å². The standard InChI is InChI=1S/C29H35N7O3/c1-17(2)36-26-24(16-32-36)22(28(38)31-15-23-18(3)12-19(4)33-29(23)39)14-25(34-26)20-8-7-9-21(13-20)27(37)30-10-11-35(5)6/h7-9,12-14,16-17H,10-11,15H2,1-6H3,(H,30,37)(H,31,38)(H,33,39). The topological polar surface area (TPSA) is 125 Å². The lowest BCUT2D eigenvalue weighted by molar-refractivity contribution is 0.0943. The van der Waals surface area contributed by atoms with Crippen molar-refractivity contribution in [2.75, 3.05) is 27.2 Å². The van der Waals surface area contributed by atoms with Crippen molar-refractivity contribution in [1.82, 2.24) is 35.3 Å². The molecule has 39 heavy (non-hydrogen) atoms. The van der Waals surface area contributed by atoms with E-state index in [4.69, 9.17) is 4.98 Å². The quantitative estimate of drug-likeness (QED) is 0.306. The smallest absolute Gasteiger partial charge is 0.253 e. The first kappa shape index (κ1) is 27.7. The lowest BCUT2D eigenvalue weighted by Crippen LogP contribution is -2.31. The Morgan fingerprint density at radius 1 is 1.08 bits per heavy atom. The summed E-state index contributed by atoms with van der Waals surface area (Å²) >= 11 is 0. The molecule has 0 aliphatic carbocycles. The maximum atomic E-state index is 13.5. The van der Waals surface area contributed by atoms with Gasteiger partial charge in [-0.05, 0) is 71.6 Å². The van der Waals surface area contributed by atoms with E-state index < -0.39 is 0 Å². The van der Waals surface area contributed by atoms with Gasteiger partial charge in [-0.3, -0.25) is 14.4 Å². The molecule has 10 nitrogen and oxygen atoms in total. The SMILES string of the molecule is Cc1cc(C)c(CNC(=O)c2cc(-c3cccc(C(=O)NCCN(C)C)c3)nc3c2cnn3C(C)C)c(=O)[nH]1. The molecule has 1 aromatic carbocycles. The summed E-state index contributed by atoms with van der Waals surface area (Å²) < 4.78 is 1.77. The van der Waals surface area contributed by atoms with Crippen LogP contribution in [0.25, 0.3) is 22.3 Å². The fourth-order valence-electron chi connectivity index (χ4n) is 4.41. The van der Waals surface area contributed by atoms with Crippen LogP contribution < -0.4 is 16.2 Å². The lowest BCUT2D eigenvalue weighted by Gasteiger charge is -2.13. The molecule has 0 radical (unpaired) electrons. The maximum Gasteiger partial charge on any atom is 0.253 e. The molecular weight excluding hydrogens is 494 g/mol. The minimum atomic E-state index is -0.344. The maximum absolute atomic E-state index is 13.5. The van der Waals surface area contributed by atoms with Crippen LogP contribution >= 0.6 is 0 Å². The summed E-state index contributed by atoms with van der Waals surface area (Å²) in [5, 5.41) is 10.9. The molecule has 0 spiro atoms. The third-order valence-corrected chi connectivity index (χ3v) is 6.49. The van der Waals surface area contributed by atoms with Crippen molar-refractivity contribution in [1.29, 1.82) is 0 Å². The molecule has 0 bridgehead atoms. The van der Waals surface area contributed by atoms with E-state index in [2.05, 4.69) is 20.7 Å². The van der Waals surface area contributed by atoms with E-state index in [1.165, 1.54) is 0 Å². The van der Waals surface area contributed by atoms with E-state index in [0.29, 0.717) is 45.5 Å². The summed E-state index contributed by atoms with van der Waals surface area (Å²) in [5.74, 6) is -0.521. The summed E-state index contributed by atoms with van der Waals surface area (Å²) in [4.78, 5) is 48.3. The average molecular weight is 530 g/mol. The van der Waals surface area contributed by atoms with E-state index in [1.807, 2.05) is 58.8 Å². The molecule has 3 heterocycles. The van der Waals surface area contributed by atoms with Gasteiger partial charge in [-0.25, -0.2) is 9.67 Å². The van der Waals surface area contributed by atoms with Gasteiger partial charge in [-0.1, -0.05) is 12.1 Å². The highest BCUT2D eigenvalue weighted by atomic mass is 16.2. The number of pyridine rings is 2. The molecule has 10 heteroatoms. The Kier molecular flexibility index (Phi) is 8.25. The number of fused-ring (bicyclic) bond motifs is 1. The number of aromatic nitrogens is 4. The van der Waals surface area contributed by atoms with Crippen LogP contribution in [0.1, 0.15) is 57.4 Å². The fraction of sp³-hybridized carbons (Fsp3) is 0.345. The molecule has 0 unspecified atom stereocenters. The minimum Gasteiger partial charge on any atom is -0.351 e. The zero-order valence-corrected chi connectivity index (χ0v) is 23.3. The summed E-state index contributed by atoms with van der Waals surface area (Å²) in [6, 6.07) is 10.8. The molecule has 204 valence electrons. The van der Waals surface area contributed by atoms with Crippen molar-refractivity contribution < 1.29 is 9.59 Å². The van der Waals surface area contributed by atoms with Crippen molar-refractivity contribution in [3.05, 3.63) is 80.9 Å². The number of nitrogens with zero attached hydrogens (tertiary/aromatic N) is 4. The number of H-pyrrole nitrogens is 1. The third-order valence-electron chi connectivity index (χ3n) is 6.49. The Morgan fingerprint density at radius 2 is 1.85 bits per heavy atom. The second kappa shape index (κ2) is 11.6. The predicted octanol–water partition coefficient (Wildman–Crippen LogP) is 3.21. The van der Waals surface area contributed by atoms with Crippen molar-refractivity contribution >= 4 is 22.8 Å². The Balaban J connectivity index is 1.70. The molecular formula is C29H35N7O3. The highest BCUT2D eigenvalue weighted by Crippen LogP contribution is 2.27. The van der Waals surface area contributed by atoms with Gasteiger partial charge in [0.25, 0.3) is 17.4 Å². The number of aromatic amines is 1. The summed E-state index contributed by atoms with van der Waals surface area (Å²) in [6.07, 6.45) is 1.64. The van der Waals surface area contributed by atoms with Gasteiger partial charge in [0.1, 0.15) is 0 Å². The minimum absolute atomic E-state index is 0.0173. The molecule has 0 saturated heterocycles. The summed E-state index contributed by atoms with van der Waals surface area (Å²) in [6.45, 7) is 9.00. The molecule has 0 aliphatic rings. The van der Waals surface area contributed by atoms with Crippen molar-refractivity contribution in [2.45, 2.75) is 40.3 Å². The van der Waals surface area contributed by atoms with E-state index in [0.717, 1.165) is 17.8 Å². The summed E-state index contributed by atoms with van der Waals surface area (Å²) in [5.41, 5.74) is 4.57. The van der Waals surface area contributed by atoms with Gasteiger partial charge in [0.2, 0.25) is 0 Å². The van der Waals surface area contributed by atoms with E-state index in [1.54, 1.807) is 35.1 Å². The molecule has 4 rings (SSSR count). The van der Waals surface area contributed by atoms with Gasteiger partial charge in [-0.15, -0.1) is 0 Å². The van der Waals surface area contributed by atoms with Crippen LogP contribution in [0.3, 0.4) is 0 Å². The van der Waals surface area contributed by atoms with Crippen LogP contribution in [-0.2, 0) is 6.54 Å². The third kappa shape index (κ3) is 6.23. The Labute approximate surface area is 227 Å². The summed E-state index contributed by atoms with van der Waals surface area (Å²) in [7, 11) is 3.90. The second-order valence-corrected chi connectivity index (χ2v) is 10.2. The van der Waals surface area contributed by atoms with Crippen LogP contribution in [0, 0.1) is 13.8 Å². The number of nitrogens with one attached hydrogen (secondary N) is 3. The molecule has 2 amide bonds. The van der Waals surface area contributed by atoms with Crippen LogP contribution in [0.15, 0.2) is 47.4 Å². The van der Waals surface area contributed by atoms with E-state index in [-0.39, 0.29) is 30.0 Å². The average Bonchev–Trinajstić information content (AvgIpc) is 3.31. The highest BCUT2D eigenvalue weighted by molar-refractivity contribution is 6.06. The molecule has 0 aliphatic heterocycles.